The second-order valence-electron chi connectivity index (χ2n) is 5.98. The summed E-state index contributed by atoms with van der Waals surface area (Å²) in [7, 11) is 1.82. The van der Waals surface area contributed by atoms with Crippen LogP contribution in [0.5, 0.6) is 0 Å². The largest absolute Gasteiger partial charge is 0.338 e. The minimum Gasteiger partial charge on any atom is -0.338 e. The Morgan fingerprint density at radius 2 is 2.00 bits per heavy atom. The first kappa shape index (κ1) is 15.4. The molecule has 3 N–H and O–H groups in total. The van der Waals surface area contributed by atoms with Crippen LogP contribution < -0.4 is 11.3 Å². The van der Waals surface area contributed by atoms with Crippen LogP contribution in [-0.4, -0.2) is 28.9 Å². The fourth-order valence-electron chi connectivity index (χ4n) is 1.83. The Morgan fingerprint density at radius 1 is 1.42 bits per heavy atom. The van der Waals surface area contributed by atoms with Crippen molar-refractivity contribution in [1.29, 1.82) is 0 Å². The van der Waals surface area contributed by atoms with Gasteiger partial charge in [0.15, 0.2) is 0 Å². The molecule has 0 saturated heterocycles. The van der Waals surface area contributed by atoms with Crippen molar-refractivity contribution < 1.29 is 4.79 Å². The van der Waals surface area contributed by atoms with Crippen molar-refractivity contribution in [2.24, 2.45) is 11.3 Å². The van der Waals surface area contributed by atoms with Crippen LogP contribution in [0.1, 0.15) is 43.7 Å². The smallest absolute Gasteiger partial charge is 0.254 e. The molecule has 1 rings (SSSR count). The van der Waals surface area contributed by atoms with E-state index in [4.69, 9.17) is 5.84 Å². The lowest BCUT2D eigenvalue weighted by molar-refractivity contribution is 0.0629. The topological polar surface area (TPSA) is 71.2 Å². The molecule has 1 heterocycles. The molecule has 5 heteroatoms. The summed E-state index contributed by atoms with van der Waals surface area (Å²) in [4.78, 5) is 18.4. The number of nitrogens with one attached hydrogen (secondary N) is 1. The Labute approximate surface area is 115 Å². The highest BCUT2D eigenvalue weighted by Crippen LogP contribution is 2.24. The molecular formula is C14H24N4O. The molecule has 0 aliphatic carbocycles. The number of nitrogens with zero attached hydrogens (tertiary/aromatic N) is 2. The quantitative estimate of drug-likeness (QED) is 0.648. The van der Waals surface area contributed by atoms with Gasteiger partial charge in [0.1, 0.15) is 5.82 Å². The molecule has 0 saturated carbocycles. The van der Waals surface area contributed by atoms with Gasteiger partial charge in [-0.15, -0.1) is 0 Å². The third-order valence-electron chi connectivity index (χ3n) is 3.50. The summed E-state index contributed by atoms with van der Waals surface area (Å²) in [5.41, 5.74) is 3.86. The molecule has 0 aliphatic rings. The maximum atomic E-state index is 12.5. The van der Waals surface area contributed by atoms with Gasteiger partial charge in [0.05, 0.1) is 0 Å². The first-order valence-electron chi connectivity index (χ1n) is 6.39. The van der Waals surface area contributed by atoms with Crippen molar-refractivity contribution in [2.75, 3.05) is 12.5 Å². The number of nitrogens with two attached hydrogens (primary N) is 1. The Balaban J connectivity index is 3.03. The van der Waals surface area contributed by atoms with Crippen molar-refractivity contribution in [1.82, 2.24) is 9.88 Å². The zero-order valence-electron chi connectivity index (χ0n) is 12.6. The molecule has 0 spiro atoms. The van der Waals surface area contributed by atoms with Crippen LogP contribution in [-0.2, 0) is 0 Å². The van der Waals surface area contributed by atoms with Gasteiger partial charge >= 0.3 is 0 Å². The lowest BCUT2D eigenvalue weighted by atomic mass is 9.87. The molecule has 1 aromatic rings. The van der Waals surface area contributed by atoms with E-state index in [9.17, 15) is 4.79 Å². The third-order valence-corrected chi connectivity index (χ3v) is 3.50. The highest BCUT2D eigenvalue weighted by molar-refractivity contribution is 5.95. The van der Waals surface area contributed by atoms with Crippen molar-refractivity contribution in [3.05, 3.63) is 23.4 Å². The van der Waals surface area contributed by atoms with Crippen LogP contribution in [0.25, 0.3) is 0 Å². The number of hydrazine groups is 1. The van der Waals surface area contributed by atoms with Crippen LogP contribution in [0.4, 0.5) is 5.82 Å². The maximum absolute atomic E-state index is 12.5. The molecule has 1 aromatic heterocycles. The monoisotopic (exact) mass is 264 g/mol. The van der Waals surface area contributed by atoms with Gasteiger partial charge in [0.25, 0.3) is 5.91 Å². The number of amides is 1. The van der Waals surface area contributed by atoms with Crippen molar-refractivity contribution in [3.8, 4) is 0 Å². The minimum absolute atomic E-state index is 0.0237. The van der Waals surface area contributed by atoms with E-state index in [0.717, 1.165) is 5.69 Å². The second kappa shape index (κ2) is 5.57. The van der Waals surface area contributed by atoms with E-state index < -0.39 is 0 Å². The molecule has 1 unspecified atom stereocenters. The number of hydrogen-bond donors (Lipinski definition) is 2. The molecule has 0 bridgehead atoms. The van der Waals surface area contributed by atoms with Crippen molar-refractivity contribution in [3.63, 3.8) is 0 Å². The Morgan fingerprint density at radius 3 is 2.47 bits per heavy atom. The summed E-state index contributed by atoms with van der Waals surface area (Å²) >= 11 is 0. The third kappa shape index (κ3) is 3.67. The van der Waals surface area contributed by atoms with E-state index in [-0.39, 0.29) is 17.4 Å². The summed E-state index contributed by atoms with van der Waals surface area (Å²) in [6.45, 7) is 10.2. The number of hydrogen-bond acceptors (Lipinski definition) is 4. The summed E-state index contributed by atoms with van der Waals surface area (Å²) in [6, 6.07) is 3.57. The van der Waals surface area contributed by atoms with Gasteiger partial charge in [-0.2, -0.15) is 0 Å². The highest BCUT2D eigenvalue weighted by Gasteiger charge is 2.27. The first-order chi connectivity index (χ1) is 8.66. The summed E-state index contributed by atoms with van der Waals surface area (Å²) in [5.74, 6) is 5.83. The average Bonchev–Trinajstić information content (AvgIpc) is 2.34. The SMILES string of the molecule is Cc1cc(C(=O)N(C)C(C)C(C)(C)C)cc(NN)n1. The lowest BCUT2D eigenvalue weighted by Gasteiger charge is -2.35. The van der Waals surface area contributed by atoms with Gasteiger partial charge in [-0.05, 0) is 31.4 Å². The van der Waals surface area contributed by atoms with Gasteiger partial charge in [-0.3, -0.25) is 4.79 Å². The summed E-state index contributed by atoms with van der Waals surface area (Å²) < 4.78 is 0. The Hall–Kier alpha value is -1.62. The molecular weight excluding hydrogens is 240 g/mol. The number of pyridine rings is 1. The van der Waals surface area contributed by atoms with Crippen LogP contribution in [0.3, 0.4) is 0 Å². The van der Waals surface area contributed by atoms with Gasteiger partial charge < -0.3 is 10.3 Å². The van der Waals surface area contributed by atoms with Crippen LogP contribution in [0, 0.1) is 12.3 Å². The molecule has 19 heavy (non-hydrogen) atoms. The standard InChI is InChI=1S/C14H24N4O/c1-9-7-11(8-12(16-9)17-15)13(19)18(6)10(2)14(3,4)5/h7-8,10H,15H2,1-6H3,(H,16,17). The van der Waals surface area contributed by atoms with Crippen molar-refractivity contribution >= 4 is 11.7 Å². The molecule has 106 valence electrons. The molecule has 0 aromatic carbocycles. The van der Waals surface area contributed by atoms with Gasteiger partial charge in [0.2, 0.25) is 0 Å². The van der Waals surface area contributed by atoms with E-state index >= 15 is 0 Å². The first-order valence-corrected chi connectivity index (χ1v) is 6.39. The predicted molar refractivity (Wildman–Crippen MR) is 77.8 cm³/mol. The number of aromatic nitrogens is 1. The van der Waals surface area contributed by atoms with Gasteiger partial charge in [-0.25, -0.2) is 10.8 Å². The summed E-state index contributed by atoms with van der Waals surface area (Å²) in [6.07, 6.45) is 0. The average molecular weight is 264 g/mol. The zero-order chi connectivity index (χ0) is 14.8. The van der Waals surface area contributed by atoms with E-state index in [1.807, 2.05) is 20.9 Å². The van der Waals surface area contributed by atoms with E-state index in [0.29, 0.717) is 11.4 Å². The van der Waals surface area contributed by atoms with E-state index in [2.05, 4.69) is 31.2 Å². The zero-order valence-corrected chi connectivity index (χ0v) is 12.6. The lowest BCUT2D eigenvalue weighted by Crippen LogP contribution is -2.43. The summed E-state index contributed by atoms with van der Waals surface area (Å²) in [5, 5.41) is 0. The number of anilines is 1. The number of rotatable bonds is 3. The Kier molecular flexibility index (Phi) is 4.52. The maximum Gasteiger partial charge on any atom is 0.254 e. The molecule has 0 fully saturated rings. The normalized spacial score (nSPS) is 13.0. The van der Waals surface area contributed by atoms with Crippen LogP contribution in [0.15, 0.2) is 12.1 Å². The molecule has 1 atom stereocenters. The van der Waals surface area contributed by atoms with Crippen LogP contribution in [0.2, 0.25) is 0 Å². The molecule has 0 radical (unpaired) electrons. The van der Waals surface area contributed by atoms with Gasteiger partial charge in [0, 0.05) is 24.3 Å². The predicted octanol–water partition coefficient (Wildman–Crippen LogP) is 2.18. The second-order valence-corrected chi connectivity index (χ2v) is 5.98. The number of carbonyl (C=O) groups excluding carboxylic acids is 1. The van der Waals surface area contributed by atoms with E-state index in [1.54, 1.807) is 17.0 Å². The highest BCUT2D eigenvalue weighted by atomic mass is 16.2. The number of aryl methyl sites for hydroxylation is 1. The number of nitrogen functional groups attached to an aromatic ring is 1. The fourth-order valence-corrected chi connectivity index (χ4v) is 1.83. The van der Waals surface area contributed by atoms with Gasteiger partial charge in [-0.1, -0.05) is 20.8 Å². The van der Waals surface area contributed by atoms with E-state index in [1.165, 1.54) is 0 Å². The minimum atomic E-state index is -0.0237. The number of carbonyl (C=O) groups is 1. The van der Waals surface area contributed by atoms with Crippen molar-refractivity contribution in [2.45, 2.75) is 40.7 Å². The fraction of sp³-hybridized carbons (Fsp3) is 0.571. The molecule has 0 aliphatic heterocycles. The van der Waals surface area contributed by atoms with Crippen LogP contribution >= 0.6 is 0 Å². The molecule has 5 nitrogen and oxygen atoms in total. The Bertz CT molecular complexity index is 465. The molecule has 1 amide bonds.